The van der Waals surface area contributed by atoms with Crippen molar-refractivity contribution in [3.8, 4) is 0 Å². The van der Waals surface area contributed by atoms with Crippen LogP contribution in [0.25, 0.3) is 0 Å². The smallest absolute Gasteiger partial charge is 0.318 e. The minimum atomic E-state index is -0.564. The number of oxime groups is 1. The van der Waals surface area contributed by atoms with E-state index in [0.717, 1.165) is 5.56 Å². The molecule has 0 aromatic heterocycles. The summed E-state index contributed by atoms with van der Waals surface area (Å²) in [6.45, 7) is 4.57. The molecule has 5 nitrogen and oxygen atoms in total. The zero-order valence-corrected chi connectivity index (χ0v) is 14.4. The minimum absolute atomic E-state index is 0.0764. The molecule has 0 radical (unpaired) electrons. The molecule has 0 amide bonds. The molecule has 0 fully saturated rings. The Bertz CT molecular complexity index is 806. The van der Waals surface area contributed by atoms with Gasteiger partial charge in [-0.15, -0.1) is 0 Å². The van der Waals surface area contributed by atoms with Crippen LogP contribution >= 0.6 is 0 Å². The monoisotopic (exact) mass is 337 g/mol. The number of hydrogen-bond donors (Lipinski definition) is 0. The Kier molecular flexibility index (Phi) is 5.95. The lowest BCUT2D eigenvalue weighted by Crippen LogP contribution is -2.08. The third-order valence-electron chi connectivity index (χ3n) is 3.63. The van der Waals surface area contributed by atoms with Gasteiger partial charge in [0.15, 0.2) is 11.6 Å². The first-order chi connectivity index (χ1) is 11.9. The predicted octanol–water partition coefficient (Wildman–Crippen LogP) is 3.60. The van der Waals surface area contributed by atoms with Gasteiger partial charge < -0.3 is 4.84 Å². The van der Waals surface area contributed by atoms with Crippen LogP contribution in [0.4, 0.5) is 0 Å². The summed E-state index contributed by atoms with van der Waals surface area (Å²) in [4.78, 5) is 40.1. The normalized spacial score (nSPS) is 11.1. The van der Waals surface area contributed by atoms with Crippen molar-refractivity contribution >= 4 is 23.2 Å². The first-order valence-corrected chi connectivity index (χ1v) is 7.82. The van der Waals surface area contributed by atoms with Crippen molar-refractivity contribution in [3.05, 3.63) is 70.8 Å². The summed E-state index contributed by atoms with van der Waals surface area (Å²) in [5.41, 5.74) is 2.75. The van der Waals surface area contributed by atoms with Crippen molar-refractivity contribution < 1.29 is 19.2 Å². The molecule has 0 spiro atoms. The Morgan fingerprint density at radius 1 is 0.840 bits per heavy atom. The van der Waals surface area contributed by atoms with Gasteiger partial charge in [-0.3, -0.25) is 9.59 Å². The second-order valence-corrected chi connectivity index (χ2v) is 5.71. The van der Waals surface area contributed by atoms with Crippen molar-refractivity contribution in [2.75, 3.05) is 0 Å². The fourth-order valence-corrected chi connectivity index (χ4v) is 2.25. The summed E-state index contributed by atoms with van der Waals surface area (Å²) in [5.74, 6) is -0.906. The topological polar surface area (TPSA) is 72.8 Å². The lowest BCUT2D eigenvalue weighted by molar-refractivity contribution is -0.142. The first kappa shape index (κ1) is 18.3. The Morgan fingerprint density at radius 3 is 1.92 bits per heavy atom. The zero-order chi connectivity index (χ0) is 18.4. The molecule has 0 saturated carbocycles. The van der Waals surface area contributed by atoms with E-state index in [2.05, 4.69) is 5.16 Å². The molecule has 128 valence electrons. The van der Waals surface area contributed by atoms with Gasteiger partial charge in [-0.1, -0.05) is 35.5 Å². The second-order valence-electron chi connectivity index (χ2n) is 5.71. The summed E-state index contributed by atoms with van der Waals surface area (Å²) in [5, 5.41) is 3.84. The van der Waals surface area contributed by atoms with Gasteiger partial charge in [0.1, 0.15) is 0 Å². The lowest BCUT2D eigenvalue weighted by Gasteiger charge is -2.06. The van der Waals surface area contributed by atoms with Gasteiger partial charge >= 0.3 is 5.97 Å². The van der Waals surface area contributed by atoms with E-state index in [1.165, 1.54) is 19.9 Å². The van der Waals surface area contributed by atoms with Crippen molar-refractivity contribution in [1.82, 2.24) is 0 Å². The third-order valence-corrected chi connectivity index (χ3v) is 3.63. The molecular weight excluding hydrogens is 318 g/mol. The van der Waals surface area contributed by atoms with Crippen LogP contribution < -0.4 is 0 Å². The number of rotatable bonds is 6. The quantitative estimate of drug-likeness (QED) is 0.349. The van der Waals surface area contributed by atoms with Crippen LogP contribution in [-0.4, -0.2) is 23.2 Å². The van der Waals surface area contributed by atoms with Crippen molar-refractivity contribution in [1.29, 1.82) is 0 Å². The largest absolute Gasteiger partial charge is 0.339 e. The van der Waals surface area contributed by atoms with E-state index in [1.54, 1.807) is 19.1 Å². The standard InChI is InChI=1S/C20H19NO4/c1-13(17-7-5-4-6-8-17)21-25-20(24)11-16-9-18(14(2)22)12-19(10-16)15(3)23/h4-10,12H,11H2,1-3H3/b21-13+. The molecule has 5 heteroatoms. The molecule has 0 atom stereocenters. The Morgan fingerprint density at radius 2 is 1.40 bits per heavy atom. The fourth-order valence-electron chi connectivity index (χ4n) is 2.25. The van der Waals surface area contributed by atoms with Crippen LogP contribution in [0.2, 0.25) is 0 Å². The maximum absolute atomic E-state index is 12.0. The highest BCUT2D eigenvalue weighted by Crippen LogP contribution is 2.13. The molecule has 2 rings (SSSR count). The molecule has 0 aliphatic rings. The van der Waals surface area contributed by atoms with Crippen molar-refractivity contribution in [2.24, 2.45) is 5.16 Å². The highest BCUT2D eigenvalue weighted by Gasteiger charge is 2.12. The van der Waals surface area contributed by atoms with Crippen molar-refractivity contribution in [2.45, 2.75) is 27.2 Å². The number of benzene rings is 2. The molecule has 0 heterocycles. The zero-order valence-electron chi connectivity index (χ0n) is 14.4. The molecule has 0 aliphatic heterocycles. The SMILES string of the molecule is CC(=O)c1cc(CC(=O)O/N=C(\C)c2ccccc2)cc(C(C)=O)c1. The van der Waals surface area contributed by atoms with Gasteiger partial charge in [0.25, 0.3) is 0 Å². The number of carbonyl (C=O) groups is 3. The van der Waals surface area contributed by atoms with E-state index in [0.29, 0.717) is 22.4 Å². The number of ketones is 2. The van der Waals surface area contributed by atoms with E-state index in [4.69, 9.17) is 4.84 Å². The molecule has 2 aromatic rings. The summed E-state index contributed by atoms with van der Waals surface area (Å²) in [6, 6.07) is 14.0. The molecule has 2 aromatic carbocycles. The molecule has 0 aliphatic carbocycles. The van der Waals surface area contributed by atoms with Gasteiger partial charge in [-0.05, 0) is 50.1 Å². The minimum Gasteiger partial charge on any atom is -0.318 e. The maximum atomic E-state index is 12.0. The van der Waals surface area contributed by atoms with Crippen LogP contribution in [0, 0.1) is 0 Å². The van der Waals surface area contributed by atoms with Crippen LogP contribution in [-0.2, 0) is 16.1 Å². The van der Waals surface area contributed by atoms with E-state index in [-0.39, 0.29) is 18.0 Å². The van der Waals surface area contributed by atoms with E-state index in [9.17, 15) is 14.4 Å². The summed E-state index contributed by atoms with van der Waals surface area (Å²) in [6.07, 6.45) is -0.0764. The summed E-state index contributed by atoms with van der Waals surface area (Å²) in [7, 11) is 0. The van der Waals surface area contributed by atoms with Crippen LogP contribution in [0.15, 0.2) is 53.7 Å². The highest BCUT2D eigenvalue weighted by atomic mass is 16.7. The maximum Gasteiger partial charge on any atom is 0.339 e. The molecular formula is C20H19NO4. The summed E-state index contributed by atoms with van der Waals surface area (Å²) >= 11 is 0. The lowest BCUT2D eigenvalue weighted by atomic mass is 10.00. The van der Waals surface area contributed by atoms with Gasteiger partial charge in [0.05, 0.1) is 12.1 Å². The Hall–Kier alpha value is -3.08. The van der Waals surface area contributed by atoms with E-state index >= 15 is 0 Å². The Balaban J connectivity index is 2.12. The van der Waals surface area contributed by atoms with Gasteiger partial charge in [0, 0.05) is 11.1 Å². The van der Waals surface area contributed by atoms with E-state index in [1.807, 2.05) is 30.3 Å². The average Bonchev–Trinajstić information content (AvgIpc) is 2.60. The fraction of sp³-hybridized carbons (Fsp3) is 0.200. The van der Waals surface area contributed by atoms with E-state index < -0.39 is 5.97 Å². The van der Waals surface area contributed by atoms with Gasteiger partial charge in [-0.2, -0.15) is 0 Å². The van der Waals surface area contributed by atoms with Crippen LogP contribution in [0.5, 0.6) is 0 Å². The third kappa shape index (κ3) is 5.21. The average molecular weight is 337 g/mol. The van der Waals surface area contributed by atoms with Crippen LogP contribution in [0.1, 0.15) is 52.6 Å². The summed E-state index contributed by atoms with van der Waals surface area (Å²) < 4.78 is 0. The molecule has 0 bridgehead atoms. The number of hydrogen-bond acceptors (Lipinski definition) is 5. The highest BCUT2D eigenvalue weighted by molar-refractivity contribution is 6.00. The number of carbonyl (C=O) groups excluding carboxylic acids is 3. The van der Waals surface area contributed by atoms with Gasteiger partial charge in [-0.25, -0.2) is 4.79 Å². The molecule has 0 unspecified atom stereocenters. The Labute approximate surface area is 146 Å². The van der Waals surface area contributed by atoms with Crippen molar-refractivity contribution in [3.63, 3.8) is 0 Å². The van der Waals surface area contributed by atoms with Gasteiger partial charge in [0.2, 0.25) is 0 Å². The second kappa shape index (κ2) is 8.15. The number of nitrogens with zero attached hydrogens (tertiary/aromatic N) is 1. The van der Waals surface area contributed by atoms with Crippen LogP contribution in [0.3, 0.4) is 0 Å². The molecule has 0 saturated heterocycles. The predicted molar refractivity (Wildman–Crippen MR) is 94.9 cm³/mol. The number of Topliss-reactive ketones (excluding diaryl/α,β-unsaturated/α-hetero) is 2. The molecule has 0 N–H and O–H groups in total. The first-order valence-electron chi connectivity index (χ1n) is 7.82. The molecule has 25 heavy (non-hydrogen) atoms.